The second-order valence-corrected chi connectivity index (χ2v) is 4.82. The zero-order chi connectivity index (χ0) is 14.0. The second-order valence-electron chi connectivity index (χ2n) is 4.82. The van der Waals surface area contributed by atoms with E-state index < -0.39 is 11.9 Å². The van der Waals surface area contributed by atoms with Crippen molar-refractivity contribution in [1.82, 2.24) is 19.4 Å². The number of nitrogens with two attached hydrogens (primary N) is 1. The van der Waals surface area contributed by atoms with E-state index in [0.717, 1.165) is 12.4 Å². The molecule has 0 spiro atoms. The molecule has 104 valence electrons. The molecule has 0 saturated carbocycles. The second kappa shape index (κ2) is 5.40. The molecule has 7 nitrogen and oxygen atoms in total. The molecule has 19 heavy (non-hydrogen) atoms. The normalized spacial score (nSPS) is 20.5. The highest BCUT2D eigenvalue weighted by Gasteiger charge is 2.32. The lowest BCUT2D eigenvalue weighted by molar-refractivity contribution is -0.141. The summed E-state index contributed by atoms with van der Waals surface area (Å²) in [6, 6.07) is -0.550. The third-order valence-corrected chi connectivity index (χ3v) is 3.48. The molecule has 2 rings (SSSR count). The minimum Gasteiger partial charge on any atom is -0.368 e. The first-order valence-corrected chi connectivity index (χ1v) is 6.24. The van der Waals surface area contributed by atoms with Crippen LogP contribution in [-0.2, 0) is 23.2 Å². The first kappa shape index (κ1) is 13.5. The van der Waals surface area contributed by atoms with Gasteiger partial charge in [-0.2, -0.15) is 0 Å². The Bertz CT molecular complexity index is 484. The number of aryl methyl sites for hydroxylation is 1. The van der Waals surface area contributed by atoms with Crippen molar-refractivity contribution in [2.45, 2.75) is 19.5 Å². The van der Waals surface area contributed by atoms with Crippen LogP contribution in [0.5, 0.6) is 0 Å². The van der Waals surface area contributed by atoms with E-state index in [1.807, 2.05) is 17.8 Å². The maximum absolute atomic E-state index is 11.5. The summed E-state index contributed by atoms with van der Waals surface area (Å²) in [5, 5.41) is 0. The average Bonchev–Trinajstić information content (AvgIpc) is 2.74. The maximum Gasteiger partial charge on any atom is 0.241 e. The lowest BCUT2D eigenvalue weighted by Crippen LogP contribution is -2.59. The van der Waals surface area contributed by atoms with Gasteiger partial charge in [0.2, 0.25) is 11.8 Å². The Kier molecular flexibility index (Phi) is 3.84. The zero-order valence-electron chi connectivity index (χ0n) is 11.2. The Balaban J connectivity index is 2.05. The van der Waals surface area contributed by atoms with E-state index in [1.165, 1.54) is 11.8 Å². The Morgan fingerprint density at radius 3 is 2.74 bits per heavy atom. The van der Waals surface area contributed by atoms with E-state index in [9.17, 15) is 9.59 Å². The van der Waals surface area contributed by atoms with Gasteiger partial charge >= 0.3 is 0 Å². The summed E-state index contributed by atoms with van der Waals surface area (Å²) in [4.78, 5) is 30.8. The summed E-state index contributed by atoms with van der Waals surface area (Å²) in [5.74, 6) is 0.361. The molecular weight excluding hydrogens is 246 g/mol. The number of primary amides is 1. The molecular formula is C12H19N5O2. The number of carbonyl (C=O) groups is 2. The number of hydrogen-bond acceptors (Lipinski definition) is 4. The van der Waals surface area contributed by atoms with Crippen molar-refractivity contribution in [3.8, 4) is 0 Å². The van der Waals surface area contributed by atoms with Gasteiger partial charge in [-0.05, 0) is 0 Å². The zero-order valence-corrected chi connectivity index (χ0v) is 11.2. The highest BCUT2D eigenvalue weighted by Crippen LogP contribution is 2.12. The number of nitrogens with zero attached hydrogens (tertiary/aromatic N) is 4. The lowest BCUT2D eigenvalue weighted by Gasteiger charge is -2.39. The number of imidazole rings is 1. The van der Waals surface area contributed by atoms with Crippen molar-refractivity contribution in [2.75, 3.05) is 19.6 Å². The molecule has 1 aromatic heterocycles. The van der Waals surface area contributed by atoms with Gasteiger partial charge in [-0.15, -0.1) is 0 Å². The summed E-state index contributed by atoms with van der Waals surface area (Å²) in [7, 11) is 1.93. The summed E-state index contributed by atoms with van der Waals surface area (Å²) in [6.45, 7) is 3.81. The fourth-order valence-electron chi connectivity index (χ4n) is 2.35. The third-order valence-electron chi connectivity index (χ3n) is 3.48. The van der Waals surface area contributed by atoms with Crippen LogP contribution in [0, 0.1) is 0 Å². The molecule has 1 aliphatic heterocycles. The van der Waals surface area contributed by atoms with Gasteiger partial charge in [0.05, 0.1) is 6.54 Å². The molecule has 1 saturated heterocycles. The maximum atomic E-state index is 11.5. The number of piperazine rings is 1. The van der Waals surface area contributed by atoms with E-state index >= 15 is 0 Å². The fourth-order valence-corrected chi connectivity index (χ4v) is 2.35. The molecule has 0 aliphatic carbocycles. The summed E-state index contributed by atoms with van der Waals surface area (Å²) in [6.07, 6.45) is 3.62. The molecule has 2 amide bonds. The van der Waals surface area contributed by atoms with Crippen LogP contribution in [0.2, 0.25) is 0 Å². The molecule has 1 fully saturated rings. The van der Waals surface area contributed by atoms with E-state index in [2.05, 4.69) is 9.88 Å². The average molecular weight is 265 g/mol. The number of hydrogen-bond donors (Lipinski definition) is 1. The molecule has 1 aromatic rings. The highest BCUT2D eigenvalue weighted by atomic mass is 16.2. The molecule has 1 atom stereocenters. The largest absolute Gasteiger partial charge is 0.368 e. The van der Waals surface area contributed by atoms with Crippen LogP contribution in [0.3, 0.4) is 0 Å². The van der Waals surface area contributed by atoms with Gasteiger partial charge < -0.3 is 15.2 Å². The Morgan fingerprint density at radius 2 is 2.21 bits per heavy atom. The van der Waals surface area contributed by atoms with E-state index in [0.29, 0.717) is 19.6 Å². The third kappa shape index (κ3) is 2.93. The Morgan fingerprint density at radius 1 is 1.47 bits per heavy atom. The van der Waals surface area contributed by atoms with Crippen molar-refractivity contribution in [3.05, 3.63) is 18.2 Å². The molecule has 7 heteroatoms. The summed E-state index contributed by atoms with van der Waals surface area (Å²) < 4.78 is 1.94. The van der Waals surface area contributed by atoms with Crippen molar-refractivity contribution in [3.63, 3.8) is 0 Å². The standard InChI is InChI=1S/C12H19N5O2/c1-9(18)17-6-5-16(7-10(17)12(13)19)8-11-14-3-4-15(11)2/h3-4,10H,5-8H2,1-2H3,(H2,13,19)/t10-/m1/s1. The van der Waals surface area contributed by atoms with Crippen molar-refractivity contribution in [1.29, 1.82) is 0 Å². The van der Waals surface area contributed by atoms with E-state index in [4.69, 9.17) is 5.73 Å². The number of aromatic nitrogens is 2. The molecule has 0 radical (unpaired) electrons. The van der Waals surface area contributed by atoms with Crippen molar-refractivity contribution in [2.24, 2.45) is 12.8 Å². The van der Waals surface area contributed by atoms with Gasteiger partial charge in [-0.3, -0.25) is 14.5 Å². The van der Waals surface area contributed by atoms with Crippen LogP contribution >= 0.6 is 0 Å². The quantitative estimate of drug-likeness (QED) is 0.755. The van der Waals surface area contributed by atoms with Crippen molar-refractivity contribution >= 4 is 11.8 Å². The van der Waals surface area contributed by atoms with Gasteiger partial charge in [-0.25, -0.2) is 4.98 Å². The minimum absolute atomic E-state index is 0.111. The van der Waals surface area contributed by atoms with Crippen molar-refractivity contribution < 1.29 is 9.59 Å². The van der Waals surface area contributed by atoms with Crippen LogP contribution in [0.4, 0.5) is 0 Å². The first-order chi connectivity index (χ1) is 8.99. The smallest absolute Gasteiger partial charge is 0.241 e. The SMILES string of the molecule is CC(=O)N1CCN(Cc2nccn2C)C[C@@H]1C(N)=O. The number of carbonyl (C=O) groups excluding carboxylic acids is 2. The van der Waals surface area contributed by atoms with Crippen LogP contribution in [-0.4, -0.2) is 56.8 Å². The summed E-state index contributed by atoms with van der Waals surface area (Å²) in [5.41, 5.74) is 5.38. The Labute approximate surface area is 112 Å². The fraction of sp³-hybridized carbons (Fsp3) is 0.583. The molecule has 2 heterocycles. The lowest BCUT2D eigenvalue weighted by atomic mass is 10.1. The predicted molar refractivity (Wildman–Crippen MR) is 68.9 cm³/mol. The molecule has 0 bridgehead atoms. The van der Waals surface area contributed by atoms with Gasteiger partial charge in [-0.1, -0.05) is 0 Å². The minimum atomic E-state index is -0.550. The van der Waals surface area contributed by atoms with Crippen LogP contribution < -0.4 is 5.73 Å². The monoisotopic (exact) mass is 265 g/mol. The highest BCUT2D eigenvalue weighted by molar-refractivity contribution is 5.86. The molecule has 0 unspecified atom stereocenters. The number of amides is 2. The van der Waals surface area contributed by atoms with Crippen LogP contribution in [0.1, 0.15) is 12.7 Å². The molecule has 2 N–H and O–H groups in total. The van der Waals surface area contributed by atoms with Gasteiger partial charge in [0.15, 0.2) is 0 Å². The van der Waals surface area contributed by atoms with E-state index in [-0.39, 0.29) is 5.91 Å². The van der Waals surface area contributed by atoms with E-state index in [1.54, 1.807) is 6.20 Å². The number of rotatable bonds is 3. The first-order valence-electron chi connectivity index (χ1n) is 6.24. The molecule has 1 aliphatic rings. The van der Waals surface area contributed by atoms with Crippen LogP contribution in [0.25, 0.3) is 0 Å². The van der Waals surface area contributed by atoms with Gasteiger partial charge in [0.25, 0.3) is 0 Å². The van der Waals surface area contributed by atoms with Crippen LogP contribution in [0.15, 0.2) is 12.4 Å². The Hall–Kier alpha value is -1.89. The topological polar surface area (TPSA) is 84.5 Å². The van der Waals surface area contributed by atoms with Gasteiger partial charge in [0, 0.05) is 46.0 Å². The predicted octanol–water partition coefficient (Wildman–Crippen LogP) is -1.06. The summed E-state index contributed by atoms with van der Waals surface area (Å²) >= 11 is 0. The van der Waals surface area contributed by atoms with Gasteiger partial charge in [0.1, 0.15) is 11.9 Å². The molecule has 0 aromatic carbocycles.